The highest BCUT2D eigenvalue weighted by molar-refractivity contribution is 5.30. The lowest BCUT2D eigenvalue weighted by molar-refractivity contribution is 0.517. The quantitative estimate of drug-likeness (QED) is 0.695. The van der Waals surface area contributed by atoms with E-state index in [9.17, 15) is 9.59 Å². The number of hydrogen-bond acceptors (Lipinski definition) is 4. The third-order valence-electron chi connectivity index (χ3n) is 2.17. The topological polar surface area (TPSA) is 98.7 Å². The molecule has 0 bridgehead atoms. The number of H-pyrrole nitrogens is 1. The second-order valence-corrected chi connectivity index (χ2v) is 3.31. The van der Waals surface area contributed by atoms with Gasteiger partial charge in [0, 0.05) is 25.1 Å². The zero-order valence-corrected chi connectivity index (χ0v) is 8.46. The van der Waals surface area contributed by atoms with Crippen LogP contribution in [0, 0.1) is 0 Å². The molecule has 0 unspecified atom stereocenters. The van der Waals surface area contributed by atoms with E-state index in [4.69, 9.17) is 5.73 Å². The summed E-state index contributed by atoms with van der Waals surface area (Å²) in [5.74, 6) is 0. The largest absolute Gasteiger partial charge is 0.393 e. The van der Waals surface area contributed by atoms with Crippen molar-refractivity contribution >= 4 is 5.69 Å². The molecule has 7 nitrogen and oxygen atoms in total. The molecule has 0 amide bonds. The highest BCUT2D eigenvalue weighted by Gasteiger charge is 2.01. The Morgan fingerprint density at radius 2 is 2.19 bits per heavy atom. The summed E-state index contributed by atoms with van der Waals surface area (Å²) in [5, 5.41) is 4.00. The summed E-state index contributed by atoms with van der Waals surface area (Å²) in [6.45, 7) is 0.944. The molecule has 0 spiro atoms. The number of nitrogen functional groups attached to an aromatic ring is 1. The maximum atomic E-state index is 11.4. The molecule has 0 aliphatic heterocycles. The van der Waals surface area contributed by atoms with Crippen molar-refractivity contribution in [1.29, 1.82) is 0 Å². The van der Waals surface area contributed by atoms with Gasteiger partial charge in [-0.15, -0.1) is 0 Å². The van der Waals surface area contributed by atoms with Crippen molar-refractivity contribution in [2.75, 3.05) is 5.73 Å². The van der Waals surface area contributed by atoms with Crippen LogP contribution in [0.2, 0.25) is 0 Å². The molecule has 84 valence electrons. The van der Waals surface area contributed by atoms with E-state index in [1.165, 1.54) is 10.8 Å². The summed E-state index contributed by atoms with van der Waals surface area (Å²) in [4.78, 5) is 24.5. The molecule has 0 aromatic carbocycles. The van der Waals surface area contributed by atoms with Crippen LogP contribution in [-0.2, 0) is 13.1 Å². The van der Waals surface area contributed by atoms with E-state index < -0.39 is 11.2 Å². The summed E-state index contributed by atoms with van der Waals surface area (Å²) in [6, 6.07) is 1.80. The number of nitrogens with zero attached hydrogens (tertiary/aromatic N) is 3. The molecule has 0 radical (unpaired) electrons. The predicted octanol–water partition coefficient (Wildman–Crippen LogP) is -0.985. The Kier molecular flexibility index (Phi) is 2.59. The molecular formula is C9H11N5O2. The first-order valence-corrected chi connectivity index (χ1v) is 4.73. The summed E-state index contributed by atoms with van der Waals surface area (Å²) >= 11 is 0. The van der Waals surface area contributed by atoms with E-state index in [2.05, 4.69) is 10.1 Å². The van der Waals surface area contributed by atoms with Gasteiger partial charge in [0.1, 0.15) is 5.69 Å². The fraction of sp³-hybridized carbons (Fsp3) is 0.222. The molecule has 16 heavy (non-hydrogen) atoms. The normalized spacial score (nSPS) is 10.5. The molecule has 2 rings (SSSR count). The van der Waals surface area contributed by atoms with E-state index >= 15 is 0 Å². The van der Waals surface area contributed by atoms with Crippen LogP contribution in [0.1, 0.15) is 0 Å². The molecule has 0 saturated heterocycles. The SMILES string of the molecule is Nc1cn(CCn2cccn2)c(=O)[nH]c1=O. The molecule has 0 fully saturated rings. The van der Waals surface area contributed by atoms with Crippen LogP contribution in [0.3, 0.4) is 0 Å². The van der Waals surface area contributed by atoms with Crippen molar-refractivity contribution in [3.8, 4) is 0 Å². The highest BCUT2D eigenvalue weighted by atomic mass is 16.2. The minimum atomic E-state index is -0.555. The van der Waals surface area contributed by atoms with E-state index in [1.54, 1.807) is 23.1 Å². The number of nitrogens with two attached hydrogens (primary N) is 1. The fourth-order valence-corrected chi connectivity index (χ4v) is 1.34. The first kappa shape index (κ1) is 10.2. The van der Waals surface area contributed by atoms with Crippen molar-refractivity contribution in [1.82, 2.24) is 19.3 Å². The molecule has 0 aliphatic carbocycles. The van der Waals surface area contributed by atoms with Gasteiger partial charge < -0.3 is 5.73 Å². The highest BCUT2D eigenvalue weighted by Crippen LogP contribution is 1.90. The lowest BCUT2D eigenvalue weighted by Crippen LogP contribution is -2.32. The average molecular weight is 221 g/mol. The lowest BCUT2D eigenvalue weighted by atomic mass is 10.5. The second-order valence-electron chi connectivity index (χ2n) is 3.31. The Hall–Kier alpha value is -2.31. The van der Waals surface area contributed by atoms with Crippen molar-refractivity contribution in [3.05, 3.63) is 45.5 Å². The standard InChI is InChI=1S/C9H11N5O2/c10-7-6-13(9(16)12-8(7)15)4-5-14-3-1-2-11-14/h1-3,6H,4-5,10H2,(H,12,15,16). The van der Waals surface area contributed by atoms with Crippen LogP contribution in [-0.4, -0.2) is 19.3 Å². The Bertz CT molecular complexity index is 581. The molecule has 2 aromatic rings. The number of aromatic amines is 1. The number of nitrogens with one attached hydrogen (secondary N) is 1. The van der Waals surface area contributed by atoms with Gasteiger partial charge in [-0.25, -0.2) is 4.79 Å². The average Bonchev–Trinajstić information content (AvgIpc) is 2.74. The molecule has 3 N–H and O–H groups in total. The van der Waals surface area contributed by atoms with Gasteiger partial charge in [0.25, 0.3) is 5.56 Å². The number of aryl methyl sites for hydroxylation is 2. The smallest absolute Gasteiger partial charge is 0.328 e. The summed E-state index contributed by atoms with van der Waals surface area (Å²) in [7, 11) is 0. The minimum absolute atomic E-state index is 0.0278. The molecule has 0 aliphatic rings. The van der Waals surface area contributed by atoms with E-state index in [-0.39, 0.29) is 5.69 Å². The van der Waals surface area contributed by atoms with Crippen LogP contribution in [0.4, 0.5) is 5.69 Å². The van der Waals surface area contributed by atoms with Crippen molar-refractivity contribution in [3.63, 3.8) is 0 Å². The zero-order valence-electron chi connectivity index (χ0n) is 8.46. The van der Waals surface area contributed by atoms with Crippen molar-refractivity contribution < 1.29 is 0 Å². The third-order valence-corrected chi connectivity index (χ3v) is 2.17. The summed E-state index contributed by atoms with van der Waals surface area (Å²) in [5.41, 5.74) is 4.42. The van der Waals surface area contributed by atoms with Gasteiger partial charge in [0.2, 0.25) is 0 Å². The van der Waals surface area contributed by atoms with Crippen LogP contribution < -0.4 is 17.0 Å². The Balaban J connectivity index is 2.19. The third kappa shape index (κ3) is 2.02. The lowest BCUT2D eigenvalue weighted by Gasteiger charge is -2.05. The van der Waals surface area contributed by atoms with Crippen LogP contribution in [0.25, 0.3) is 0 Å². The number of hydrogen-bond donors (Lipinski definition) is 2. The van der Waals surface area contributed by atoms with Gasteiger partial charge in [0.15, 0.2) is 0 Å². The maximum absolute atomic E-state index is 11.4. The first-order valence-electron chi connectivity index (χ1n) is 4.73. The molecular weight excluding hydrogens is 210 g/mol. The van der Waals surface area contributed by atoms with Gasteiger partial charge in [-0.1, -0.05) is 0 Å². The number of anilines is 1. The van der Waals surface area contributed by atoms with Crippen LogP contribution in [0.15, 0.2) is 34.2 Å². The summed E-state index contributed by atoms with van der Waals surface area (Å²) in [6.07, 6.45) is 4.79. The van der Waals surface area contributed by atoms with E-state index in [0.717, 1.165) is 0 Å². The van der Waals surface area contributed by atoms with Gasteiger partial charge in [-0.2, -0.15) is 5.10 Å². The van der Waals surface area contributed by atoms with Crippen molar-refractivity contribution in [2.45, 2.75) is 13.1 Å². The van der Waals surface area contributed by atoms with Gasteiger partial charge in [-0.05, 0) is 6.07 Å². The van der Waals surface area contributed by atoms with Crippen molar-refractivity contribution in [2.24, 2.45) is 0 Å². The molecule has 2 heterocycles. The summed E-state index contributed by atoms with van der Waals surface area (Å²) < 4.78 is 3.03. The Morgan fingerprint density at radius 1 is 1.38 bits per heavy atom. The van der Waals surface area contributed by atoms with E-state index in [1.807, 2.05) is 0 Å². The zero-order chi connectivity index (χ0) is 11.5. The predicted molar refractivity (Wildman–Crippen MR) is 58.0 cm³/mol. The van der Waals surface area contributed by atoms with Gasteiger partial charge >= 0.3 is 5.69 Å². The Labute approximate surface area is 90.1 Å². The van der Waals surface area contributed by atoms with Gasteiger partial charge in [-0.3, -0.25) is 19.0 Å². The van der Waals surface area contributed by atoms with Crippen LogP contribution >= 0.6 is 0 Å². The second kappa shape index (κ2) is 4.05. The van der Waals surface area contributed by atoms with Gasteiger partial charge in [0.05, 0.1) is 6.54 Å². The molecule has 0 atom stereocenters. The first-order chi connectivity index (χ1) is 7.66. The fourth-order valence-electron chi connectivity index (χ4n) is 1.34. The maximum Gasteiger partial charge on any atom is 0.328 e. The molecule has 2 aromatic heterocycles. The number of aromatic nitrogens is 4. The Morgan fingerprint density at radius 3 is 2.88 bits per heavy atom. The molecule has 7 heteroatoms. The number of rotatable bonds is 3. The van der Waals surface area contributed by atoms with E-state index in [0.29, 0.717) is 13.1 Å². The molecule has 0 saturated carbocycles. The van der Waals surface area contributed by atoms with Crippen LogP contribution in [0.5, 0.6) is 0 Å². The minimum Gasteiger partial charge on any atom is -0.393 e. The monoisotopic (exact) mass is 221 g/mol.